The lowest BCUT2D eigenvalue weighted by Crippen LogP contribution is -2.35. The standard InChI is InChI=1S/C14H17ClN4O2/c15-7-8-18(10-3-1-2-4-10)14-16-12-6-5-11(19(20)21)9-13(12)17-14/h5-6,9-10H,1-4,7-8H2,(H,16,17). The first-order chi connectivity index (χ1) is 10.2. The van der Waals surface area contributed by atoms with E-state index in [1.807, 2.05) is 0 Å². The number of anilines is 1. The smallest absolute Gasteiger partial charge is 0.271 e. The van der Waals surface area contributed by atoms with Crippen LogP contribution in [0.3, 0.4) is 0 Å². The molecule has 0 aliphatic heterocycles. The van der Waals surface area contributed by atoms with Gasteiger partial charge in [0.1, 0.15) is 0 Å². The Morgan fingerprint density at radius 2 is 2.19 bits per heavy atom. The van der Waals surface area contributed by atoms with Gasteiger partial charge in [0, 0.05) is 30.6 Å². The van der Waals surface area contributed by atoms with Crippen molar-refractivity contribution in [2.75, 3.05) is 17.3 Å². The number of benzene rings is 1. The van der Waals surface area contributed by atoms with Gasteiger partial charge in [0.05, 0.1) is 16.0 Å². The third kappa shape index (κ3) is 2.81. The number of H-pyrrole nitrogens is 1. The van der Waals surface area contributed by atoms with Crippen molar-refractivity contribution in [3.63, 3.8) is 0 Å². The van der Waals surface area contributed by atoms with E-state index in [4.69, 9.17) is 11.6 Å². The van der Waals surface area contributed by atoms with Crippen molar-refractivity contribution >= 4 is 34.3 Å². The minimum absolute atomic E-state index is 0.0717. The number of nitrogens with one attached hydrogen (secondary N) is 1. The summed E-state index contributed by atoms with van der Waals surface area (Å²) in [6.07, 6.45) is 4.76. The molecule has 21 heavy (non-hydrogen) atoms. The lowest BCUT2D eigenvalue weighted by Gasteiger charge is -2.27. The highest BCUT2D eigenvalue weighted by Crippen LogP contribution is 2.29. The summed E-state index contributed by atoms with van der Waals surface area (Å²) < 4.78 is 0. The number of hydrogen-bond donors (Lipinski definition) is 1. The largest absolute Gasteiger partial charge is 0.338 e. The fourth-order valence-corrected chi connectivity index (χ4v) is 3.18. The molecule has 1 heterocycles. The van der Waals surface area contributed by atoms with Crippen LogP contribution in [0.4, 0.5) is 11.6 Å². The van der Waals surface area contributed by atoms with Gasteiger partial charge in [-0.3, -0.25) is 10.1 Å². The Morgan fingerprint density at radius 1 is 1.43 bits per heavy atom. The Morgan fingerprint density at radius 3 is 2.86 bits per heavy atom. The number of non-ortho nitro benzene ring substituents is 1. The van der Waals surface area contributed by atoms with Crippen molar-refractivity contribution in [3.8, 4) is 0 Å². The average Bonchev–Trinajstić information content (AvgIpc) is 3.12. The van der Waals surface area contributed by atoms with E-state index in [1.165, 1.54) is 25.0 Å². The third-order valence-corrected chi connectivity index (χ3v) is 4.20. The molecule has 2 aromatic rings. The molecule has 0 radical (unpaired) electrons. The number of nitrogens with zero attached hydrogens (tertiary/aromatic N) is 3. The Hall–Kier alpha value is -1.82. The fraction of sp³-hybridized carbons (Fsp3) is 0.500. The summed E-state index contributed by atoms with van der Waals surface area (Å²) in [6.45, 7) is 0.730. The van der Waals surface area contributed by atoms with E-state index in [2.05, 4.69) is 14.9 Å². The summed E-state index contributed by atoms with van der Waals surface area (Å²) in [4.78, 5) is 20.4. The highest BCUT2D eigenvalue weighted by molar-refractivity contribution is 6.18. The van der Waals surface area contributed by atoms with Crippen LogP contribution >= 0.6 is 11.6 Å². The third-order valence-electron chi connectivity index (χ3n) is 4.03. The molecule has 6 nitrogen and oxygen atoms in total. The number of hydrogen-bond acceptors (Lipinski definition) is 4. The van der Waals surface area contributed by atoms with E-state index in [1.54, 1.807) is 6.07 Å². The van der Waals surface area contributed by atoms with Gasteiger partial charge in [-0.1, -0.05) is 12.8 Å². The van der Waals surface area contributed by atoms with E-state index < -0.39 is 4.92 Å². The zero-order valence-corrected chi connectivity index (χ0v) is 12.3. The van der Waals surface area contributed by atoms with Crippen LogP contribution in [-0.2, 0) is 0 Å². The number of alkyl halides is 1. The first-order valence-electron chi connectivity index (χ1n) is 7.16. The van der Waals surface area contributed by atoms with Crippen molar-refractivity contribution in [2.45, 2.75) is 31.7 Å². The number of nitro benzene ring substituents is 1. The monoisotopic (exact) mass is 308 g/mol. The summed E-state index contributed by atoms with van der Waals surface area (Å²) in [5.41, 5.74) is 1.51. The van der Waals surface area contributed by atoms with Gasteiger partial charge in [-0.05, 0) is 18.9 Å². The van der Waals surface area contributed by atoms with Crippen LogP contribution < -0.4 is 4.90 Å². The Labute approximate surface area is 127 Å². The van der Waals surface area contributed by atoms with Gasteiger partial charge in [-0.25, -0.2) is 4.98 Å². The minimum atomic E-state index is -0.395. The molecule has 0 atom stereocenters. The van der Waals surface area contributed by atoms with E-state index in [9.17, 15) is 10.1 Å². The Kier molecular flexibility index (Phi) is 3.96. The van der Waals surface area contributed by atoms with Crippen LogP contribution in [0, 0.1) is 10.1 Å². The molecular formula is C14H17ClN4O2. The predicted octanol–water partition coefficient (Wildman–Crippen LogP) is 3.46. The second-order valence-electron chi connectivity index (χ2n) is 5.34. The molecule has 3 rings (SSSR count). The van der Waals surface area contributed by atoms with E-state index in [0.717, 1.165) is 30.9 Å². The van der Waals surface area contributed by atoms with Crippen molar-refractivity contribution in [3.05, 3.63) is 28.3 Å². The summed E-state index contributed by atoms with van der Waals surface area (Å²) in [7, 11) is 0. The van der Waals surface area contributed by atoms with Crippen molar-refractivity contribution in [1.29, 1.82) is 0 Å². The first kappa shape index (κ1) is 14.1. The molecule has 0 spiro atoms. The molecular weight excluding hydrogens is 292 g/mol. The van der Waals surface area contributed by atoms with E-state index in [-0.39, 0.29) is 5.69 Å². The molecule has 1 saturated carbocycles. The zero-order valence-electron chi connectivity index (χ0n) is 11.6. The molecule has 1 aromatic heterocycles. The number of fused-ring (bicyclic) bond motifs is 1. The van der Waals surface area contributed by atoms with Gasteiger partial charge < -0.3 is 9.88 Å². The normalized spacial score (nSPS) is 15.7. The van der Waals surface area contributed by atoms with Gasteiger partial charge in [0.25, 0.3) is 5.69 Å². The number of nitro groups is 1. The minimum Gasteiger partial charge on any atom is -0.338 e. The SMILES string of the molecule is O=[N+]([O-])c1ccc2nc(N(CCCl)C3CCCC3)[nH]c2c1. The van der Waals surface area contributed by atoms with Crippen LogP contribution in [0.5, 0.6) is 0 Å². The van der Waals surface area contributed by atoms with Crippen molar-refractivity contribution in [2.24, 2.45) is 0 Å². The van der Waals surface area contributed by atoms with Crippen LogP contribution in [0.2, 0.25) is 0 Å². The number of aromatic nitrogens is 2. The molecule has 112 valence electrons. The van der Waals surface area contributed by atoms with Gasteiger partial charge in [-0.15, -0.1) is 11.6 Å². The summed E-state index contributed by atoms with van der Waals surface area (Å²) in [6, 6.07) is 5.15. The lowest BCUT2D eigenvalue weighted by molar-refractivity contribution is -0.384. The van der Waals surface area contributed by atoms with Gasteiger partial charge in [0.15, 0.2) is 0 Å². The summed E-state index contributed by atoms with van der Waals surface area (Å²) >= 11 is 5.92. The molecule has 1 aromatic carbocycles. The average molecular weight is 309 g/mol. The molecule has 0 amide bonds. The Balaban J connectivity index is 1.95. The molecule has 1 fully saturated rings. The van der Waals surface area contributed by atoms with Crippen LogP contribution in [0.1, 0.15) is 25.7 Å². The lowest BCUT2D eigenvalue weighted by atomic mass is 10.2. The Bertz CT molecular complexity index is 651. The van der Waals surface area contributed by atoms with Crippen LogP contribution in [-0.4, -0.2) is 33.4 Å². The van der Waals surface area contributed by atoms with Crippen molar-refractivity contribution < 1.29 is 4.92 Å². The van der Waals surface area contributed by atoms with Crippen LogP contribution in [0.25, 0.3) is 11.0 Å². The molecule has 0 bridgehead atoms. The molecule has 0 saturated heterocycles. The maximum absolute atomic E-state index is 10.8. The number of halogens is 1. The maximum atomic E-state index is 10.8. The zero-order chi connectivity index (χ0) is 14.8. The number of rotatable bonds is 5. The number of imidazole rings is 1. The molecule has 7 heteroatoms. The summed E-state index contributed by atoms with van der Waals surface area (Å²) in [5, 5.41) is 10.8. The molecule has 1 aliphatic rings. The summed E-state index contributed by atoms with van der Waals surface area (Å²) in [5.74, 6) is 1.30. The first-order valence-corrected chi connectivity index (χ1v) is 7.69. The second-order valence-corrected chi connectivity index (χ2v) is 5.72. The number of aromatic amines is 1. The van der Waals surface area contributed by atoms with Crippen molar-refractivity contribution in [1.82, 2.24) is 9.97 Å². The van der Waals surface area contributed by atoms with E-state index >= 15 is 0 Å². The highest BCUT2D eigenvalue weighted by Gasteiger charge is 2.24. The predicted molar refractivity (Wildman–Crippen MR) is 83.1 cm³/mol. The topological polar surface area (TPSA) is 75.1 Å². The molecule has 1 N–H and O–H groups in total. The van der Waals surface area contributed by atoms with Gasteiger partial charge >= 0.3 is 0 Å². The van der Waals surface area contributed by atoms with Gasteiger partial charge in [0.2, 0.25) is 5.95 Å². The van der Waals surface area contributed by atoms with Gasteiger partial charge in [-0.2, -0.15) is 0 Å². The maximum Gasteiger partial charge on any atom is 0.271 e. The van der Waals surface area contributed by atoms with Crippen LogP contribution in [0.15, 0.2) is 18.2 Å². The van der Waals surface area contributed by atoms with E-state index in [0.29, 0.717) is 17.4 Å². The fourth-order valence-electron chi connectivity index (χ4n) is 3.00. The molecule has 0 unspecified atom stereocenters. The highest BCUT2D eigenvalue weighted by atomic mass is 35.5. The quantitative estimate of drug-likeness (QED) is 0.521. The molecule has 1 aliphatic carbocycles. The second kappa shape index (κ2) is 5.89.